The number of fused-ring (bicyclic) bond motifs is 1. The highest BCUT2D eigenvalue weighted by atomic mass is 35.5. The number of halogens is 1. The van der Waals surface area contributed by atoms with Crippen LogP contribution in [0.25, 0.3) is 10.9 Å². The maximum atomic E-state index is 6.29. The van der Waals surface area contributed by atoms with Gasteiger partial charge in [0, 0.05) is 35.7 Å². The van der Waals surface area contributed by atoms with E-state index in [0.29, 0.717) is 6.54 Å². The van der Waals surface area contributed by atoms with Crippen LogP contribution in [0.3, 0.4) is 0 Å². The van der Waals surface area contributed by atoms with E-state index in [4.69, 9.17) is 17.3 Å². The highest BCUT2D eigenvalue weighted by Gasteiger charge is 2.34. The molecule has 21 heavy (non-hydrogen) atoms. The Kier molecular flexibility index (Phi) is 4.16. The molecule has 1 aliphatic carbocycles. The number of hydrogen-bond donors (Lipinski definition) is 1. The first kappa shape index (κ1) is 14.8. The van der Waals surface area contributed by atoms with Crippen LogP contribution >= 0.6 is 11.6 Å². The molecule has 3 rings (SSSR count). The topological polar surface area (TPSA) is 42.1 Å². The standard InChI is InChI=1S/C17H22ClN3/c1-11-8-12(11)10-21(2)16(9-19)14-5-6-15(18)13-4-3-7-20-17(13)14/h3-7,11-12,16H,8-10,19H2,1-2H3. The number of pyridine rings is 1. The molecule has 1 saturated carbocycles. The number of hydrogen-bond acceptors (Lipinski definition) is 3. The van der Waals surface area contributed by atoms with E-state index in [1.165, 1.54) is 12.0 Å². The van der Waals surface area contributed by atoms with Crippen LogP contribution in [0.4, 0.5) is 0 Å². The second kappa shape index (κ2) is 5.91. The second-order valence-corrected chi connectivity index (χ2v) is 6.61. The highest BCUT2D eigenvalue weighted by Crippen LogP contribution is 2.39. The van der Waals surface area contributed by atoms with Crippen LogP contribution in [0.1, 0.15) is 24.9 Å². The van der Waals surface area contributed by atoms with Crippen LogP contribution in [-0.2, 0) is 0 Å². The lowest BCUT2D eigenvalue weighted by Crippen LogP contribution is -2.32. The number of rotatable bonds is 5. The molecule has 112 valence electrons. The number of benzene rings is 1. The molecule has 1 aliphatic rings. The molecule has 1 aromatic heterocycles. The molecule has 2 N–H and O–H groups in total. The zero-order valence-electron chi connectivity index (χ0n) is 12.6. The Morgan fingerprint density at radius 3 is 2.86 bits per heavy atom. The van der Waals surface area contributed by atoms with Crippen molar-refractivity contribution in [2.75, 3.05) is 20.1 Å². The molecule has 0 bridgehead atoms. The van der Waals surface area contributed by atoms with Gasteiger partial charge in [0.2, 0.25) is 0 Å². The Morgan fingerprint density at radius 1 is 1.43 bits per heavy atom. The summed E-state index contributed by atoms with van der Waals surface area (Å²) in [7, 11) is 2.16. The SMILES string of the molecule is CC1CC1CN(C)C(CN)c1ccc(Cl)c2cccnc12. The minimum Gasteiger partial charge on any atom is -0.329 e. The Labute approximate surface area is 131 Å². The summed E-state index contributed by atoms with van der Waals surface area (Å²) in [5.74, 6) is 1.67. The lowest BCUT2D eigenvalue weighted by Gasteiger charge is -2.28. The van der Waals surface area contributed by atoms with E-state index >= 15 is 0 Å². The summed E-state index contributed by atoms with van der Waals surface area (Å²) in [5.41, 5.74) is 8.21. The predicted octanol–water partition coefficient (Wildman–Crippen LogP) is 3.48. The van der Waals surface area contributed by atoms with E-state index in [1.807, 2.05) is 24.4 Å². The van der Waals surface area contributed by atoms with Gasteiger partial charge in [0.05, 0.1) is 5.52 Å². The minimum atomic E-state index is 0.187. The maximum Gasteiger partial charge on any atom is 0.0765 e. The van der Waals surface area contributed by atoms with Crippen molar-refractivity contribution >= 4 is 22.5 Å². The predicted molar refractivity (Wildman–Crippen MR) is 88.4 cm³/mol. The van der Waals surface area contributed by atoms with Gasteiger partial charge < -0.3 is 5.73 Å². The van der Waals surface area contributed by atoms with Crippen LogP contribution in [0.15, 0.2) is 30.5 Å². The van der Waals surface area contributed by atoms with E-state index in [-0.39, 0.29) is 6.04 Å². The molecular weight excluding hydrogens is 282 g/mol. The van der Waals surface area contributed by atoms with E-state index in [0.717, 1.165) is 34.3 Å². The molecule has 4 heteroatoms. The van der Waals surface area contributed by atoms with Crippen molar-refractivity contribution in [3.8, 4) is 0 Å². The first-order valence-corrected chi connectivity index (χ1v) is 7.93. The first-order valence-electron chi connectivity index (χ1n) is 7.55. The average Bonchev–Trinajstić information content (AvgIpc) is 3.17. The van der Waals surface area contributed by atoms with Gasteiger partial charge in [-0.3, -0.25) is 9.88 Å². The molecule has 2 aromatic rings. The molecule has 0 amide bonds. The van der Waals surface area contributed by atoms with Crippen molar-refractivity contribution < 1.29 is 0 Å². The Hall–Kier alpha value is -1.16. The van der Waals surface area contributed by atoms with Crippen molar-refractivity contribution in [2.45, 2.75) is 19.4 Å². The normalized spacial score (nSPS) is 22.7. The summed E-state index contributed by atoms with van der Waals surface area (Å²) in [5, 5.41) is 1.75. The lowest BCUT2D eigenvalue weighted by molar-refractivity contribution is 0.238. The van der Waals surface area contributed by atoms with Crippen LogP contribution < -0.4 is 5.73 Å². The maximum absolute atomic E-state index is 6.29. The highest BCUT2D eigenvalue weighted by molar-refractivity contribution is 6.35. The van der Waals surface area contributed by atoms with Crippen LogP contribution in [0.2, 0.25) is 5.02 Å². The quantitative estimate of drug-likeness (QED) is 0.919. The lowest BCUT2D eigenvalue weighted by atomic mass is 10.0. The molecule has 0 aliphatic heterocycles. The number of likely N-dealkylation sites (N-methyl/N-ethyl adjacent to an activating group) is 1. The summed E-state index contributed by atoms with van der Waals surface area (Å²) in [4.78, 5) is 6.90. The van der Waals surface area contributed by atoms with E-state index in [1.54, 1.807) is 0 Å². The molecule has 1 heterocycles. The molecule has 0 radical (unpaired) electrons. The summed E-state index contributed by atoms with van der Waals surface area (Å²) < 4.78 is 0. The summed E-state index contributed by atoms with van der Waals surface area (Å²) in [6, 6.07) is 8.15. The molecule has 1 fully saturated rings. The third-order valence-corrected chi connectivity index (χ3v) is 4.99. The van der Waals surface area contributed by atoms with E-state index in [2.05, 4.69) is 29.9 Å². The average molecular weight is 304 g/mol. The van der Waals surface area contributed by atoms with Gasteiger partial charge in [0.1, 0.15) is 0 Å². The van der Waals surface area contributed by atoms with Gasteiger partial charge in [0.25, 0.3) is 0 Å². The smallest absolute Gasteiger partial charge is 0.0765 e. The van der Waals surface area contributed by atoms with Crippen molar-refractivity contribution in [1.82, 2.24) is 9.88 Å². The van der Waals surface area contributed by atoms with Gasteiger partial charge in [-0.05, 0) is 49.1 Å². The Bertz CT molecular complexity index is 643. The van der Waals surface area contributed by atoms with Gasteiger partial charge in [-0.2, -0.15) is 0 Å². The third kappa shape index (κ3) is 2.91. The largest absolute Gasteiger partial charge is 0.329 e. The zero-order valence-corrected chi connectivity index (χ0v) is 13.3. The number of nitrogens with zero attached hydrogens (tertiary/aromatic N) is 2. The molecule has 3 unspecified atom stereocenters. The fraction of sp³-hybridized carbons (Fsp3) is 0.471. The van der Waals surface area contributed by atoms with E-state index in [9.17, 15) is 0 Å². The summed E-state index contributed by atoms with van der Waals surface area (Å²) in [6.45, 7) is 4.00. The molecule has 0 spiro atoms. The van der Waals surface area contributed by atoms with Gasteiger partial charge >= 0.3 is 0 Å². The first-order chi connectivity index (χ1) is 10.1. The van der Waals surface area contributed by atoms with E-state index < -0.39 is 0 Å². The molecule has 0 saturated heterocycles. The minimum absolute atomic E-state index is 0.187. The van der Waals surface area contributed by atoms with Crippen LogP contribution in [0, 0.1) is 11.8 Å². The molecular formula is C17H22ClN3. The number of aromatic nitrogens is 1. The summed E-state index contributed by atoms with van der Waals surface area (Å²) >= 11 is 6.29. The van der Waals surface area contributed by atoms with Crippen molar-refractivity contribution in [3.63, 3.8) is 0 Å². The molecule has 1 aromatic carbocycles. The van der Waals surface area contributed by atoms with Crippen LogP contribution in [-0.4, -0.2) is 30.0 Å². The second-order valence-electron chi connectivity index (χ2n) is 6.20. The Balaban J connectivity index is 1.95. The van der Waals surface area contributed by atoms with Crippen molar-refractivity contribution in [1.29, 1.82) is 0 Å². The fourth-order valence-corrected chi connectivity index (χ4v) is 3.34. The van der Waals surface area contributed by atoms with Gasteiger partial charge in [-0.15, -0.1) is 0 Å². The number of nitrogens with two attached hydrogens (primary N) is 1. The third-order valence-electron chi connectivity index (χ3n) is 4.66. The van der Waals surface area contributed by atoms with Gasteiger partial charge in [0.15, 0.2) is 0 Å². The van der Waals surface area contributed by atoms with Gasteiger partial charge in [-0.25, -0.2) is 0 Å². The monoisotopic (exact) mass is 303 g/mol. The zero-order chi connectivity index (χ0) is 15.0. The summed E-state index contributed by atoms with van der Waals surface area (Å²) in [6.07, 6.45) is 3.15. The van der Waals surface area contributed by atoms with Gasteiger partial charge in [-0.1, -0.05) is 24.6 Å². The van der Waals surface area contributed by atoms with Crippen LogP contribution in [0.5, 0.6) is 0 Å². The fourth-order valence-electron chi connectivity index (χ4n) is 3.12. The Morgan fingerprint density at radius 2 is 2.19 bits per heavy atom. The molecule has 3 atom stereocenters. The van der Waals surface area contributed by atoms with Crippen molar-refractivity contribution in [3.05, 3.63) is 41.0 Å². The van der Waals surface area contributed by atoms with Crippen molar-refractivity contribution in [2.24, 2.45) is 17.6 Å². The molecule has 3 nitrogen and oxygen atoms in total.